The normalized spacial score (nSPS) is 11.8. The zero-order valence-corrected chi connectivity index (χ0v) is 19.4. The van der Waals surface area contributed by atoms with E-state index in [1.54, 1.807) is 50.4 Å². The first-order valence-corrected chi connectivity index (χ1v) is 11.0. The van der Waals surface area contributed by atoms with E-state index in [-0.39, 0.29) is 16.8 Å². The van der Waals surface area contributed by atoms with Crippen LogP contribution >= 0.6 is 11.3 Å². The molecule has 2 aromatic heterocycles. The van der Waals surface area contributed by atoms with Crippen LogP contribution < -0.4 is 14.8 Å². The first-order chi connectivity index (χ1) is 16.4. The summed E-state index contributed by atoms with van der Waals surface area (Å²) < 4.78 is 35.8. The van der Waals surface area contributed by atoms with Gasteiger partial charge >= 0.3 is 0 Å². The molecule has 0 aliphatic carbocycles. The van der Waals surface area contributed by atoms with Crippen LogP contribution in [0.25, 0.3) is 11.5 Å². The Hall–Kier alpha value is -3.83. The monoisotopic (exact) mass is 484 g/mol. The third-order valence-corrected chi connectivity index (χ3v) is 5.12. The largest absolute Gasteiger partial charge is 0.488 e. The van der Waals surface area contributed by atoms with E-state index in [4.69, 9.17) is 18.6 Å². The standard InChI is InChI=1S/C23H21FN4O5S/c1-13(12-30-3)31-18-8-16(21(29)26-23-25-11-20(24)34-23)9-19(10-18)33-17-6-4-5-15(7-17)22-28-27-14(2)32-22/h4-11,13H,12H2,1-3H3,(H,25,26,29)/t13-/m1/s1. The van der Waals surface area contributed by atoms with Crippen LogP contribution in [0.15, 0.2) is 53.1 Å². The number of nitrogens with zero attached hydrogens (tertiary/aromatic N) is 3. The number of nitrogens with one attached hydrogen (secondary N) is 1. The van der Waals surface area contributed by atoms with Crippen molar-refractivity contribution in [2.45, 2.75) is 20.0 Å². The second-order valence-electron chi connectivity index (χ2n) is 7.26. The second-order valence-corrected chi connectivity index (χ2v) is 8.24. The fourth-order valence-corrected chi connectivity index (χ4v) is 3.59. The summed E-state index contributed by atoms with van der Waals surface area (Å²) in [5.41, 5.74) is 0.930. The quantitative estimate of drug-likeness (QED) is 0.350. The number of methoxy groups -OCH3 is 1. The Balaban J connectivity index is 1.61. The molecule has 0 aliphatic rings. The SMILES string of the molecule is COC[C@@H](C)Oc1cc(Oc2cccc(-c3nnc(C)o3)c2)cc(C(=O)Nc2ncc(F)s2)c1. The Labute approximate surface area is 198 Å². The Kier molecular flexibility index (Phi) is 7.14. The van der Waals surface area contributed by atoms with Gasteiger partial charge in [-0.1, -0.05) is 17.4 Å². The van der Waals surface area contributed by atoms with Crippen molar-refractivity contribution in [1.82, 2.24) is 15.2 Å². The third-order valence-electron chi connectivity index (χ3n) is 4.42. The van der Waals surface area contributed by atoms with Crippen LogP contribution in [0.3, 0.4) is 0 Å². The second kappa shape index (κ2) is 10.4. The summed E-state index contributed by atoms with van der Waals surface area (Å²) in [6, 6.07) is 11.9. The van der Waals surface area contributed by atoms with Gasteiger partial charge in [0.15, 0.2) is 10.3 Å². The zero-order valence-electron chi connectivity index (χ0n) is 18.6. The summed E-state index contributed by atoms with van der Waals surface area (Å²) in [4.78, 5) is 16.6. The molecule has 176 valence electrons. The van der Waals surface area contributed by atoms with Crippen molar-refractivity contribution in [3.05, 3.63) is 65.2 Å². The summed E-state index contributed by atoms with van der Waals surface area (Å²) in [7, 11) is 1.57. The molecule has 2 aromatic carbocycles. The van der Waals surface area contributed by atoms with E-state index in [1.807, 2.05) is 13.0 Å². The number of benzene rings is 2. The molecule has 34 heavy (non-hydrogen) atoms. The van der Waals surface area contributed by atoms with Crippen LogP contribution in [-0.2, 0) is 4.74 Å². The maximum absolute atomic E-state index is 13.3. The van der Waals surface area contributed by atoms with Crippen LogP contribution in [0.1, 0.15) is 23.2 Å². The number of aromatic nitrogens is 3. The van der Waals surface area contributed by atoms with E-state index in [9.17, 15) is 9.18 Å². The molecule has 4 rings (SSSR count). The Bertz CT molecular complexity index is 1290. The number of hydrogen-bond donors (Lipinski definition) is 1. The minimum atomic E-state index is -0.499. The molecular weight excluding hydrogens is 463 g/mol. The Morgan fingerprint density at radius 2 is 2.00 bits per heavy atom. The lowest BCUT2D eigenvalue weighted by atomic mass is 10.1. The van der Waals surface area contributed by atoms with Crippen LogP contribution in [0.4, 0.5) is 9.52 Å². The fourth-order valence-electron chi connectivity index (χ4n) is 3.05. The van der Waals surface area contributed by atoms with Crippen molar-refractivity contribution < 1.29 is 27.8 Å². The average molecular weight is 485 g/mol. The summed E-state index contributed by atoms with van der Waals surface area (Å²) in [6.07, 6.45) is 0.770. The number of aryl methyl sites for hydroxylation is 1. The molecule has 9 nitrogen and oxygen atoms in total. The molecule has 4 aromatic rings. The van der Waals surface area contributed by atoms with Crippen molar-refractivity contribution in [2.75, 3.05) is 19.0 Å². The molecule has 0 saturated carbocycles. The molecule has 0 aliphatic heterocycles. The number of carbonyl (C=O) groups is 1. The summed E-state index contributed by atoms with van der Waals surface area (Å²) in [5.74, 6) is 1.58. The van der Waals surface area contributed by atoms with Gasteiger partial charge in [-0.3, -0.25) is 10.1 Å². The minimum Gasteiger partial charge on any atom is -0.488 e. The smallest absolute Gasteiger partial charge is 0.257 e. The fraction of sp³-hybridized carbons (Fsp3) is 0.217. The number of hydrogen-bond acceptors (Lipinski definition) is 9. The van der Waals surface area contributed by atoms with Gasteiger partial charge in [-0.15, -0.1) is 10.2 Å². The molecule has 1 amide bonds. The highest BCUT2D eigenvalue weighted by Gasteiger charge is 2.15. The topological polar surface area (TPSA) is 109 Å². The minimum absolute atomic E-state index is 0.145. The van der Waals surface area contributed by atoms with Gasteiger partial charge in [-0.05, 0) is 37.3 Å². The highest BCUT2D eigenvalue weighted by Crippen LogP contribution is 2.31. The number of carbonyl (C=O) groups excluding carboxylic acids is 1. The number of ether oxygens (including phenoxy) is 3. The zero-order chi connectivity index (χ0) is 24.1. The van der Waals surface area contributed by atoms with Gasteiger partial charge in [-0.2, -0.15) is 4.39 Å². The summed E-state index contributed by atoms with van der Waals surface area (Å²) >= 11 is 0.732. The number of thiazole rings is 1. The number of rotatable bonds is 9. The van der Waals surface area contributed by atoms with E-state index in [0.29, 0.717) is 41.2 Å². The van der Waals surface area contributed by atoms with Gasteiger partial charge in [0, 0.05) is 31.2 Å². The molecule has 11 heteroatoms. The van der Waals surface area contributed by atoms with Gasteiger partial charge in [0.05, 0.1) is 12.8 Å². The Morgan fingerprint density at radius 3 is 2.71 bits per heavy atom. The maximum atomic E-state index is 13.3. The van der Waals surface area contributed by atoms with Gasteiger partial charge in [0.1, 0.15) is 23.4 Å². The van der Waals surface area contributed by atoms with Crippen molar-refractivity contribution in [2.24, 2.45) is 0 Å². The van der Waals surface area contributed by atoms with Crippen LogP contribution in [0.5, 0.6) is 17.2 Å². The van der Waals surface area contributed by atoms with Crippen LogP contribution in [0.2, 0.25) is 0 Å². The number of anilines is 1. The number of halogens is 1. The molecule has 0 bridgehead atoms. The molecule has 1 N–H and O–H groups in total. The number of amides is 1. The molecule has 0 saturated heterocycles. The van der Waals surface area contributed by atoms with E-state index in [0.717, 1.165) is 17.5 Å². The van der Waals surface area contributed by atoms with Crippen LogP contribution in [-0.4, -0.2) is 40.9 Å². The highest BCUT2D eigenvalue weighted by molar-refractivity contribution is 7.14. The molecule has 1 atom stereocenters. The third kappa shape index (κ3) is 5.94. The Morgan fingerprint density at radius 1 is 1.18 bits per heavy atom. The predicted octanol–water partition coefficient (Wildman–Crippen LogP) is 5.10. The van der Waals surface area contributed by atoms with Crippen molar-refractivity contribution in [3.8, 4) is 28.7 Å². The van der Waals surface area contributed by atoms with Crippen molar-refractivity contribution in [3.63, 3.8) is 0 Å². The van der Waals surface area contributed by atoms with E-state index < -0.39 is 11.0 Å². The molecule has 2 heterocycles. The first kappa shape index (κ1) is 23.3. The lowest BCUT2D eigenvalue weighted by Crippen LogP contribution is -2.18. The van der Waals surface area contributed by atoms with E-state index >= 15 is 0 Å². The first-order valence-electron chi connectivity index (χ1n) is 10.2. The van der Waals surface area contributed by atoms with Gasteiger partial charge < -0.3 is 18.6 Å². The van der Waals surface area contributed by atoms with E-state index in [1.165, 1.54) is 0 Å². The molecule has 0 fully saturated rings. The van der Waals surface area contributed by atoms with Crippen molar-refractivity contribution >= 4 is 22.4 Å². The molecular formula is C23H21FN4O5S. The van der Waals surface area contributed by atoms with E-state index in [2.05, 4.69) is 20.5 Å². The maximum Gasteiger partial charge on any atom is 0.257 e. The predicted molar refractivity (Wildman–Crippen MR) is 123 cm³/mol. The van der Waals surface area contributed by atoms with Crippen molar-refractivity contribution in [1.29, 1.82) is 0 Å². The van der Waals surface area contributed by atoms with Gasteiger partial charge in [0.25, 0.3) is 5.91 Å². The van der Waals surface area contributed by atoms with Crippen LogP contribution in [0, 0.1) is 12.1 Å². The lowest BCUT2D eigenvalue weighted by molar-refractivity contribution is 0.0916. The highest BCUT2D eigenvalue weighted by atomic mass is 32.1. The van der Waals surface area contributed by atoms with Gasteiger partial charge in [-0.25, -0.2) is 4.98 Å². The van der Waals surface area contributed by atoms with Gasteiger partial charge in [0.2, 0.25) is 11.8 Å². The molecule has 0 spiro atoms. The molecule has 0 radical (unpaired) electrons. The summed E-state index contributed by atoms with van der Waals surface area (Å²) in [5, 5.41) is 10.1. The lowest BCUT2D eigenvalue weighted by Gasteiger charge is -2.16. The summed E-state index contributed by atoms with van der Waals surface area (Å²) in [6.45, 7) is 3.90. The molecule has 0 unspecified atom stereocenters. The average Bonchev–Trinajstić information content (AvgIpc) is 3.41.